The minimum atomic E-state index is -0.321. The van der Waals surface area contributed by atoms with E-state index in [0.29, 0.717) is 58.7 Å². The maximum absolute atomic E-state index is 12.9. The van der Waals surface area contributed by atoms with E-state index in [1.807, 2.05) is 0 Å². The van der Waals surface area contributed by atoms with Gasteiger partial charge in [-0.15, -0.1) is 5.10 Å². The summed E-state index contributed by atoms with van der Waals surface area (Å²) in [6.45, 7) is 2.02. The maximum atomic E-state index is 12.9. The van der Waals surface area contributed by atoms with Crippen LogP contribution < -0.4 is 10.2 Å². The van der Waals surface area contributed by atoms with Gasteiger partial charge in [-0.3, -0.25) is 9.59 Å². The Bertz CT molecular complexity index is 1200. The summed E-state index contributed by atoms with van der Waals surface area (Å²) in [7, 11) is 0. The minimum absolute atomic E-state index is 0.149. The molecule has 4 aromatic rings. The average Bonchev–Trinajstić information content (AvgIpc) is 3.22. The summed E-state index contributed by atoms with van der Waals surface area (Å²) in [6, 6.07) is 10.2. The number of nitrogens with one attached hydrogen (secondary N) is 1. The first-order chi connectivity index (χ1) is 13.6. The zero-order valence-corrected chi connectivity index (χ0v) is 15.0. The van der Waals surface area contributed by atoms with Crippen molar-refractivity contribution in [3.63, 3.8) is 0 Å². The van der Waals surface area contributed by atoms with Crippen LogP contribution in [0.3, 0.4) is 0 Å². The van der Waals surface area contributed by atoms with Crippen molar-refractivity contribution < 1.29 is 18.7 Å². The molecule has 142 valence electrons. The number of carbonyl (C=O) groups excluding carboxylic acids is 1. The molecule has 0 amide bonds. The molecule has 9 heteroatoms. The lowest BCUT2D eigenvalue weighted by Gasteiger charge is -2.08. The molecule has 28 heavy (non-hydrogen) atoms. The third-order valence-electron chi connectivity index (χ3n) is 4.12. The van der Waals surface area contributed by atoms with E-state index in [1.54, 1.807) is 36.4 Å². The Hall–Kier alpha value is -3.75. The van der Waals surface area contributed by atoms with Gasteiger partial charge in [-0.2, -0.15) is 0 Å². The number of hydrogen-bond donors (Lipinski definition) is 1. The van der Waals surface area contributed by atoms with Gasteiger partial charge in [-0.05, 0) is 40.8 Å². The molecule has 2 aromatic carbocycles. The fraction of sp³-hybridized carbons (Fsp3) is 0.211. The highest BCUT2D eigenvalue weighted by Crippen LogP contribution is 2.25. The summed E-state index contributed by atoms with van der Waals surface area (Å²) >= 11 is 0. The number of tetrazole rings is 1. The van der Waals surface area contributed by atoms with Gasteiger partial charge in [0.15, 0.2) is 5.82 Å². The van der Waals surface area contributed by atoms with Crippen LogP contribution in [0.2, 0.25) is 0 Å². The molecular weight excluding hydrogens is 364 g/mol. The largest absolute Gasteiger partial charge is 0.493 e. The normalized spacial score (nSPS) is 11.0. The third-order valence-corrected chi connectivity index (χ3v) is 4.12. The number of aromatic nitrogens is 4. The third kappa shape index (κ3) is 3.54. The Kier molecular flexibility index (Phi) is 4.71. The number of fused-ring (bicyclic) bond motifs is 2. The predicted octanol–water partition coefficient (Wildman–Crippen LogP) is 2.46. The first-order valence-corrected chi connectivity index (χ1v) is 8.63. The number of nitrogens with zero attached hydrogens (tertiary/aromatic N) is 3. The zero-order valence-electron chi connectivity index (χ0n) is 15.0. The van der Waals surface area contributed by atoms with Gasteiger partial charge in [0.25, 0.3) is 0 Å². The molecule has 0 saturated heterocycles. The Morgan fingerprint density at radius 3 is 2.79 bits per heavy atom. The lowest BCUT2D eigenvalue weighted by atomic mass is 10.1. The van der Waals surface area contributed by atoms with E-state index >= 15 is 0 Å². The topological polar surface area (TPSA) is 120 Å². The van der Waals surface area contributed by atoms with Gasteiger partial charge < -0.3 is 13.9 Å². The number of rotatable bonds is 6. The summed E-state index contributed by atoms with van der Waals surface area (Å²) in [5, 5.41) is 14.5. The Morgan fingerprint density at radius 1 is 1.11 bits per heavy atom. The van der Waals surface area contributed by atoms with Crippen LogP contribution in [-0.2, 0) is 9.53 Å². The lowest BCUT2D eigenvalue weighted by Crippen LogP contribution is -2.06. The number of aromatic amines is 1. The van der Waals surface area contributed by atoms with Crippen LogP contribution in [0.5, 0.6) is 5.75 Å². The molecule has 0 atom stereocenters. The molecule has 0 bridgehead atoms. The van der Waals surface area contributed by atoms with E-state index < -0.39 is 0 Å². The van der Waals surface area contributed by atoms with Gasteiger partial charge >= 0.3 is 5.97 Å². The Morgan fingerprint density at radius 2 is 2.00 bits per heavy atom. The number of ether oxygens (including phenoxy) is 2. The molecule has 2 heterocycles. The summed E-state index contributed by atoms with van der Waals surface area (Å²) in [4.78, 5) is 23.6. The summed E-state index contributed by atoms with van der Waals surface area (Å²) in [5.41, 5.74) is 1.47. The lowest BCUT2D eigenvalue weighted by molar-refractivity contribution is -0.141. The van der Waals surface area contributed by atoms with E-state index in [2.05, 4.69) is 20.6 Å². The van der Waals surface area contributed by atoms with Crippen molar-refractivity contribution in [1.29, 1.82) is 0 Å². The van der Waals surface area contributed by atoms with Crippen molar-refractivity contribution in [3.8, 4) is 17.1 Å². The monoisotopic (exact) mass is 380 g/mol. The number of hydrogen-bond acceptors (Lipinski definition) is 8. The molecule has 0 aliphatic rings. The van der Waals surface area contributed by atoms with Crippen molar-refractivity contribution in [2.24, 2.45) is 0 Å². The molecule has 0 saturated carbocycles. The van der Waals surface area contributed by atoms with Gasteiger partial charge in [0.1, 0.15) is 16.9 Å². The van der Waals surface area contributed by atoms with Crippen molar-refractivity contribution in [2.75, 3.05) is 13.2 Å². The number of carbonyl (C=O) groups is 1. The standard InChI is InChI=1S/C19H16N4O5/c1-11(24)26-7-2-8-27-13-4-6-16-15(10-13)18(25)14-5-3-12(9-17(14)28-16)19-20-22-23-21-19/h3-6,9-10H,2,7-8H2,1H3,(H,20,21,22,23). The molecule has 2 aromatic heterocycles. The molecule has 0 aliphatic heterocycles. The van der Waals surface area contributed by atoms with Crippen LogP contribution in [0.4, 0.5) is 0 Å². The average molecular weight is 380 g/mol. The Labute approximate surface area is 158 Å². The molecule has 0 fully saturated rings. The van der Waals surface area contributed by atoms with Crippen LogP contribution in [0.25, 0.3) is 33.3 Å². The molecule has 9 nitrogen and oxygen atoms in total. The van der Waals surface area contributed by atoms with Crippen LogP contribution in [0.15, 0.2) is 45.6 Å². The van der Waals surface area contributed by atoms with Crippen molar-refractivity contribution in [2.45, 2.75) is 13.3 Å². The second kappa shape index (κ2) is 7.47. The molecule has 0 unspecified atom stereocenters. The van der Waals surface area contributed by atoms with Gasteiger partial charge in [-0.1, -0.05) is 6.07 Å². The fourth-order valence-corrected chi connectivity index (χ4v) is 2.82. The zero-order chi connectivity index (χ0) is 19.5. The van der Waals surface area contributed by atoms with Crippen molar-refractivity contribution >= 4 is 27.9 Å². The highest BCUT2D eigenvalue weighted by Gasteiger charge is 2.11. The van der Waals surface area contributed by atoms with E-state index in [0.717, 1.165) is 0 Å². The van der Waals surface area contributed by atoms with Crippen LogP contribution >= 0.6 is 0 Å². The van der Waals surface area contributed by atoms with E-state index in [4.69, 9.17) is 13.9 Å². The van der Waals surface area contributed by atoms with E-state index in [-0.39, 0.29) is 11.4 Å². The van der Waals surface area contributed by atoms with Gasteiger partial charge in [0.2, 0.25) is 5.43 Å². The summed E-state index contributed by atoms with van der Waals surface area (Å²) < 4.78 is 16.4. The Balaban J connectivity index is 1.61. The number of esters is 1. The predicted molar refractivity (Wildman–Crippen MR) is 99.9 cm³/mol. The highest BCUT2D eigenvalue weighted by molar-refractivity contribution is 5.91. The fourth-order valence-electron chi connectivity index (χ4n) is 2.82. The molecule has 4 rings (SSSR count). The minimum Gasteiger partial charge on any atom is -0.493 e. The van der Waals surface area contributed by atoms with Crippen molar-refractivity contribution in [1.82, 2.24) is 20.6 Å². The quantitative estimate of drug-likeness (QED) is 0.308. The van der Waals surface area contributed by atoms with Crippen LogP contribution in [0.1, 0.15) is 13.3 Å². The SMILES string of the molecule is CC(=O)OCCCOc1ccc2oc3cc(-c4nnn[nH]4)ccc3c(=O)c2c1. The van der Waals surface area contributed by atoms with Gasteiger partial charge in [0.05, 0.1) is 24.0 Å². The molecular formula is C19H16N4O5. The first-order valence-electron chi connectivity index (χ1n) is 8.63. The maximum Gasteiger partial charge on any atom is 0.302 e. The van der Waals surface area contributed by atoms with E-state index in [1.165, 1.54) is 6.92 Å². The van der Waals surface area contributed by atoms with Gasteiger partial charge in [-0.25, -0.2) is 5.10 Å². The van der Waals surface area contributed by atoms with Gasteiger partial charge in [0, 0.05) is 18.9 Å². The van der Waals surface area contributed by atoms with E-state index in [9.17, 15) is 9.59 Å². The summed E-state index contributed by atoms with van der Waals surface area (Å²) in [6.07, 6.45) is 0.559. The molecule has 0 radical (unpaired) electrons. The van der Waals surface area contributed by atoms with Crippen LogP contribution in [0, 0.1) is 0 Å². The van der Waals surface area contributed by atoms with Crippen molar-refractivity contribution in [3.05, 3.63) is 46.6 Å². The molecule has 0 spiro atoms. The second-order valence-corrected chi connectivity index (χ2v) is 6.09. The first kappa shape index (κ1) is 17.7. The number of H-pyrrole nitrogens is 1. The second-order valence-electron chi connectivity index (χ2n) is 6.09. The van der Waals surface area contributed by atoms with Crippen LogP contribution in [-0.4, -0.2) is 39.8 Å². The summed E-state index contributed by atoms with van der Waals surface area (Å²) in [5.74, 6) is 0.714. The smallest absolute Gasteiger partial charge is 0.302 e. The molecule has 0 aliphatic carbocycles. The molecule has 1 N–H and O–H groups in total. The highest BCUT2D eigenvalue weighted by atomic mass is 16.5. The number of benzene rings is 2.